The molecule has 0 saturated heterocycles. The van der Waals surface area contributed by atoms with E-state index < -0.39 is 5.97 Å². The molecule has 0 radical (unpaired) electrons. The average molecular weight is 661 g/mol. The van der Waals surface area contributed by atoms with Gasteiger partial charge in [0.15, 0.2) is 11.7 Å². The van der Waals surface area contributed by atoms with Crippen LogP contribution in [-0.4, -0.2) is 36.3 Å². The number of rotatable bonds is 10. The number of thiazole rings is 1. The molecule has 0 atom stereocenters. The average Bonchev–Trinajstić information content (AvgIpc) is 3.38. The first-order valence-corrected chi connectivity index (χ1v) is 13.7. The molecule has 0 bridgehead atoms. The Morgan fingerprint density at radius 1 is 1.11 bits per heavy atom. The Labute approximate surface area is 242 Å². The molecule has 0 aliphatic carbocycles. The van der Waals surface area contributed by atoms with E-state index in [1.54, 1.807) is 31.2 Å². The summed E-state index contributed by atoms with van der Waals surface area (Å²) in [6, 6.07) is 19.9. The van der Waals surface area contributed by atoms with Crippen molar-refractivity contribution < 1.29 is 19.1 Å². The molecule has 194 valence electrons. The molecule has 4 rings (SSSR count). The monoisotopic (exact) mass is 660 g/mol. The second-order valence-corrected chi connectivity index (χ2v) is 10.2. The smallest absolute Gasteiger partial charge is 0.344 e. The SMILES string of the molecule is CCOC(=O)COc1ccc(/C=N\NC(=O)c2ccc(-c3csc(Nc4ccc(Cl)cc4)n3)cc2)cc1I. The molecular formula is C27H22ClIN4O4S. The minimum atomic E-state index is -0.424. The highest BCUT2D eigenvalue weighted by molar-refractivity contribution is 14.1. The van der Waals surface area contributed by atoms with E-state index in [9.17, 15) is 9.59 Å². The number of esters is 1. The van der Waals surface area contributed by atoms with Crippen LogP contribution in [0, 0.1) is 3.57 Å². The standard InChI is InChI=1S/C27H22ClIN4O4S/c1-2-36-25(34)15-37-24-12-3-17(13-22(24)29)14-30-33-26(35)19-6-4-18(5-7-19)23-16-38-27(32-23)31-21-10-8-20(28)9-11-21/h3-14,16H,2,15H2,1H3,(H,31,32)(H,33,35)/b30-14-. The highest BCUT2D eigenvalue weighted by atomic mass is 127. The summed E-state index contributed by atoms with van der Waals surface area (Å²) < 4.78 is 11.1. The lowest BCUT2D eigenvalue weighted by Gasteiger charge is -2.08. The number of halogens is 2. The molecule has 1 amide bonds. The molecule has 4 aromatic rings. The summed E-state index contributed by atoms with van der Waals surface area (Å²) in [6.45, 7) is 1.89. The number of hydrogen-bond acceptors (Lipinski definition) is 8. The molecule has 38 heavy (non-hydrogen) atoms. The third-order valence-electron chi connectivity index (χ3n) is 5.03. The maximum Gasteiger partial charge on any atom is 0.344 e. The van der Waals surface area contributed by atoms with Crippen molar-refractivity contribution in [1.82, 2.24) is 10.4 Å². The van der Waals surface area contributed by atoms with Gasteiger partial charge in [-0.15, -0.1) is 11.3 Å². The van der Waals surface area contributed by atoms with Crippen LogP contribution in [0.5, 0.6) is 5.75 Å². The van der Waals surface area contributed by atoms with E-state index in [0.717, 1.165) is 31.2 Å². The first kappa shape index (κ1) is 27.6. The van der Waals surface area contributed by atoms with Crippen LogP contribution in [0.4, 0.5) is 10.8 Å². The van der Waals surface area contributed by atoms with Crippen molar-refractivity contribution in [3.63, 3.8) is 0 Å². The van der Waals surface area contributed by atoms with E-state index in [2.05, 4.69) is 43.4 Å². The Bertz CT molecular complexity index is 1440. The normalized spacial score (nSPS) is 10.8. The Kier molecular flexibility index (Phi) is 9.68. The Balaban J connectivity index is 1.30. The van der Waals surface area contributed by atoms with E-state index in [-0.39, 0.29) is 12.5 Å². The van der Waals surface area contributed by atoms with E-state index in [4.69, 9.17) is 21.1 Å². The first-order valence-electron chi connectivity index (χ1n) is 11.4. The number of benzene rings is 3. The lowest BCUT2D eigenvalue weighted by molar-refractivity contribution is -0.145. The van der Waals surface area contributed by atoms with Crippen LogP contribution in [0.25, 0.3) is 11.3 Å². The topological polar surface area (TPSA) is 102 Å². The highest BCUT2D eigenvalue weighted by Crippen LogP contribution is 2.28. The molecule has 0 unspecified atom stereocenters. The summed E-state index contributed by atoms with van der Waals surface area (Å²) in [5.74, 6) is -0.194. The summed E-state index contributed by atoms with van der Waals surface area (Å²) in [5, 5.41) is 10.7. The molecule has 0 fully saturated rings. The fraction of sp³-hybridized carbons (Fsp3) is 0.111. The van der Waals surface area contributed by atoms with Gasteiger partial charge in [-0.1, -0.05) is 23.7 Å². The largest absolute Gasteiger partial charge is 0.481 e. The number of amides is 1. The Morgan fingerprint density at radius 2 is 1.87 bits per heavy atom. The molecule has 0 aliphatic heterocycles. The van der Waals surface area contributed by atoms with Crippen molar-refractivity contribution in [3.8, 4) is 17.0 Å². The van der Waals surface area contributed by atoms with Gasteiger partial charge in [0.25, 0.3) is 5.91 Å². The maximum atomic E-state index is 12.5. The number of aromatic nitrogens is 1. The van der Waals surface area contributed by atoms with Crippen LogP contribution in [0.1, 0.15) is 22.8 Å². The summed E-state index contributed by atoms with van der Waals surface area (Å²) in [5.41, 5.74) is 6.37. The summed E-state index contributed by atoms with van der Waals surface area (Å²) >= 11 is 9.53. The van der Waals surface area contributed by atoms with Crippen molar-refractivity contribution in [2.75, 3.05) is 18.5 Å². The first-order chi connectivity index (χ1) is 18.4. The van der Waals surface area contributed by atoms with E-state index in [1.165, 1.54) is 17.6 Å². The summed E-state index contributed by atoms with van der Waals surface area (Å²) in [6.07, 6.45) is 1.54. The number of hydrazone groups is 1. The van der Waals surface area contributed by atoms with Gasteiger partial charge in [-0.25, -0.2) is 15.2 Å². The number of nitrogens with zero attached hydrogens (tertiary/aromatic N) is 2. The predicted octanol–water partition coefficient (Wildman–Crippen LogP) is 6.52. The fourth-order valence-electron chi connectivity index (χ4n) is 3.20. The van der Waals surface area contributed by atoms with Crippen molar-refractivity contribution >= 4 is 74.4 Å². The predicted molar refractivity (Wildman–Crippen MR) is 159 cm³/mol. The van der Waals surface area contributed by atoms with Crippen molar-refractivity contribution in [2.45, 2.75) is 6.92 Å². The van der Waals surface area contributed by atoms with Gasteiger partial charge in [-0.2, -0.15) is 5.10 Å². The molecule has 1 aromatic heterocycles. The van der Waals surface area contributed by atoms with Gasteiger partial charge < -0.3 is 14.8 Å². The van der Waals surface area contributed by atoms with Gasteiger partial charge >= 0.3 is 5.97 Å². The molecule has 0 saturated carbocycles. The number of ether oxygens (including phenoxy) is 2. The summed E-state index contributed by atoms with van der Waals surface area (Å²) in [7, 11) is 0. The molecule has 0 spiro atoms. The zero-order chi connectivity index (χ0) is 26.9. The fourth-order valence-corrected chi connectivity index (χ4v) is 4.76. The van der Waals surface area contributed by atoms with Crippen LogP contribution >= 0.6 is 45.5 Å². The molecule has 1 heterocycles. The molecule has 8 nitrogen and oxygen atoms in total. The number of carbonyl (C=O) groups is 2. The number of nitrogens with one attached hydrogen (secondary N) is 2. The van der Waals surface area contributed by atoms with Gasteiger partial charge in [0.05, 0.1) is 22.1 Å². The van der Waals surface area contributed by atoms with Crippen LogP contribution in [0.3, 0.4) is 0 Å². The van der Waals surface area contributed by atoms with Crippen LogP contribution in [0.15, 0.2) is 77.2 Å². The Morgan fingerprint density at radius 3 is 2.58 bits per heavy atom. The molecule has 0 aliphatic rings. The second kappa shape index (κ2) is 13.4. The van der Waals surface area contributed by atoms with Gasteiger partial charge in [0, 0.05) is 27.2 Å². The van der Waals surface area contributed by atoms with Gasteiger partial charge in [-0.3, -0.25) is 4.79 Å². The number of carbonyl (C=O) groups excluding carboxylic acids is 2. The van der Waals surface area contributed by atoms with Gasteiger partial charge in [-0.05, 0) is 89.7 Å². The highest BCUT2D eigenvalue weighted by Gasteiger charge is 2.09. The lowest BCUT2D eigenvalue weighted by atomic mass is 10.1. The molecular weight excluding hydrogens is 639 g/mol. The third kappa shape index (κ3) is 7.76. The molecule has 2 N–H and O–H groups in total. The minimum absolute atomic E-state index is 0.157. The maximum absolute atomic E-state index is 12.5. The van der Waals surface area contributed by atoms with Crippen LogP contribution < -0.4 is 15.5 Å². The molecule has 3 aromatic carbocycles. The third-order valence-corrected chi connectivity index (χ3v) is 6.88. The number of anilines is 2. The van der Waals surface area contributed by atoms with Crippen LogP contribution in [0.2, 0.25) is 5.02 Å². The van der Waals surface area contributed by atoms with Crippen molar-refractivity contribution in [3.05, 3.63) is 91.8 Å². The van der Waals surface area contributed by atoms with E-state index in [0.29, 0.717) is 22.9 Å². The zero-order valence-electron chi connectivity index (χ0n) is 20.1. The van der Waals surface area contributed by atoms with Gasteiger partial charge in [0.2, 0.25) is 0 Å². The van der Waals surface area contributed by atoms with Crippen LogP contribution in [-0.2, 0) is 9.53 Å². The summed E-state index contributed by atoms with van der Waals surface area (Å²) in [4.78, 5) is 28.6. The molecule has 11 heteroatoms. The zero-order valence-corrected chi connectivity index (χ0v) is 23.8. The van der Waals surface area contributed by atoms with Gasteiger partial charge in [0.1, 0.15) is 5.75 Å². The van der Waals surface area contributed by atoms with E-state index in [1.807, 2.05) is 47.8 Å². The second-order valence-electron chi connectivity index (χ2n) is 7.73. The lowest BCUT2D eigenvalue weighted by Crippen LogP contribution is -2.17. The Hall–Kier alpha value is -3.48. The minimum Gasteiger partial charge on any atom is -0.481 e. The van der Waals surface area contributed by atoms with Crippen molar-refractivity contribution in [2.24, 2.45) is 5.10 Å². The quantitative estimate of drug-likeness (QED) is 0.0870. The number of hydrogen-bond donors (Lipinski definition) is 2. The van der Waals surface area contributed by atoms with Crippen molar-refractivity contribution in [1.29, 1.82) is 0 Å². The van der Waals surface area contributed by atoms with E-state index >= 15 is 0 Å².